The number of amides is 1. The molecule has 0 saturated heterocycles. The monoisotopic (exact) mass is 389 g/mol. The Kier molecular flexibility index (Phi) is 6.06. The van der Waals surface area contributed by atoms with E-state index < -0.39 is 0 Å². The summed E-state index contributed by atoms with van der Waals surface area (Å²) < 4.78 is 8.00. The Bertz CT molecular complexity index is 952. The summed E-state index contributed by atoms with van der Waals surface area (Å²) >= 11 is 0. The Morgan fingerprint density at radius 3 is 2.79 bits per heavy atom. The molecule has 0 aliphatic heterocycles. The van der Waals surface area contributed by atoms with Gasteiger partial charge in [-0.25, -0.2) is 0 Å². The van der Waals surface area contributed by atoms with Crippen molar-refractivity contribution in [1.82, 2.24) is 15.1 Å². The van der Waals surface area contributed by atoms with Gasteiger partial charge in [-0.1, -0.05) is 42.5 Å². The van der Waals surface area contributed by atoms with Gasteiger partial charge in [-0.3, -0.25) is 9.48 Å². The zero-order valence-electron chi connectivity index (χ0n) is 16.8. The topological polar surface area (TPSA) is 56.2 Å². The van der Waals surface area contributed by atoms with Crippen molar-refractivity contribution in [2.45, 2.75) is 51.5 Å². The van der Waals surface area contributed by atoms with Crippen LogP contribution in [0.3, 0.4) is 0 Å². The fourth-order valence-electron chi connectivity index (χ4n) is 3.85. The van der Waals surface area contributed by atoms with Gasteiger partial charge >= 0.3 is 0 Å². The normalized spacial score (nSPS) is 18.7. The van der Waals surface area contributed by atoms with Crippen LogP contribution in [0.15, 0.2) is 67.0 Å². The van der Waals surface area contributed by atoms with Gasteiger partial charge in [-0.15, -0.1) is 0 Å². The SMILES string of the molecule is CCn1cc(-c2cccc(C(=O)N[C@@H]3CCC[C@H]3OCc3ccccc3)c2)cn1. The Labute approximate surface area is 171 Å². The minimum atomic E-state index is -0.0463. The first-order valence-electron chi connectivity index (χ1n) is 10.3. The van der Waals surface area contributed by atoms with Crippen molar-refractivity contribution in [2.75, 3.05) is 0 Å². The van der Waals surface area contributed by atoms with Crippen molar-refractivity contribution >= 4 is 5.91 Å². The highest BCUT2D eigenvalue weighted by Crippen LogP contribution is 2.24. The van der Waals surface area contributed by atoms with E-state index in [1.54, 1.807) is 0 Å². The molecule has 150 valence electrons. The molecular weight excluding hydrogens is 362 g/mol. The molecule has 5 nitrogen and oxygen atoms in total. The van der Waals surface area contributed by atoms with Crippen LogP contribution in [0.1, 0.15) is 42.1 Å². The Balaban J connectivity index is 1.40. The lowest BCUT2D eigenvalue weighted by Gasteiger charge is -2.22. The van der Waals surface area contributed by atoms with Crippen LogP contribution in [0.5, 0.6) is 0 Å². The summed E-state index contributed by atoms with van der Waals surface area (Å²) in [5, 5.41) is 7.52. The predicted octanol–water partition coefficient (Wildman–Crippen LogP) is 4.44. The van der Waals surface area contributed by atoms with Crippen LogP contribution in [0, 0.1) is 0 Å². The molecule has 0 spiro atoms. The van der Waals surface area contributed by atoms with E-state index >= 15 is 0 Å². The second-order valence-corrected chi connectivity index (χ2v) is 7.51. The molecule has 2 atom stereocenters. The van der Waals surface area contributed by atoms with E-state index in [1.165, 1.54) is 0 Å². The van der Waals surface area contributed by atoms with Crippen molar-refractivity contribution in [1.29, 1.82) is 0 Å². The average Bonchev–Trinajstić information content (AvgIpc) is 3.42. The number of aromatic nitrogens is 2. The number of carbonyl (C=O) groups is 1. The van der Waals surface area contributed by atoms with Crippen LogP contribution in [0.25, 0.3) is 11.1 Å². The number of hydrogen-bond acceptors (Lipinski definition) is 3. The van der Waals surface area contributed by atoms with E-state index in [0.29, 0.717) is 12.2 Å². The van der Waals surface area contributed by atoms with Gasteiger partial charge in [0.1, 0.15) is 0 Å². The lowest BCUT2D eigenvalue weighted by Crippen LogP contribution is -2.41. The summed E-state index contributed by atoms with van der Waals surface area (Å²) in [6.07, 6.45) is 6.90. The van der Waals surface area contributed by atoms with Gasteiger partial charge in [0.15, 0.2) is 0 Å². The fourth-order valence-corrected chi connectivity index (χ4v) is 3.85. The van der Waals surface area contributed by atoms with Crippen LogP contribution >= 0.6 is 0 Å². The predicted molar refractivity (Wildman–Crippen MR) is 113 cm³/mol. The largest absolute Gasteiger partial charge is 0.371 e. The quantitative estimate of drug-likeness (QED) is 0.650. The van der Waals surface area contributed by atoms with Crippen molar-refractivity contribution in [3.63, 3.8) is 0 Å². The lowest BCUT2D eigenvalue weighted by atomic mass is 10.1. The molecule has 1 aliphatic carbocycles. The van der Waals surface area contributed by atoms with E-state index in [4.69, 9.17) is 4.74 Å². The van der Waals surface area contributed by atoms with Crippen molar-refractivity contribution in [3.05, 3.63) is 78.1 Å². The number of nitrogens with zero attached hydrogens (tertiary/aromatic N) is 2. The average molecular weight is 389 g/mol. The van der Waals surface area contributed by atoms with Gasteiger partial charge in [-0.2, -0.15) is 5.10 Å². The summed E-state index contributed by atoms with van der Waals surface area (Å²) in [5.41, 5.74) is 3.84. The summed E-state index contributed by atoms with van der Waals surface area (Å²) in [4.78, 5) is 12.9. The molecule has 1 fully saturated rings. The number of carbonyl (C=O) groups excluding carboxylic acids is 1. The van der Waals surface area contributed by atoms with Crippen molar-refractivity contribution < 1.29 is 9.53 Å². The number of hydrogen-bond donors (Lipinski definition) is 1. The summed E-state index contributed by atoms with van der Waals surface area (Å²) in [6, 6.07) is 17.9. The second-order valence-electron chi connectivity index (χ2n) is 7.51. The van der Waals surface area contributed by atoms with Crippen LogP contribution < -0.4 is 5.32 Å². The molecule has 1 amide bonds. The highest BCUT2D eigenvalue weighted by atomic mass is 16.5. The van der Waals surface area contributed by atoms with Gasteiger partial charge in [0.05, 0.1) is 24.9 Å². The number of nitrogens with one attached hydrogen (secondary N) is 1. The third kappa shape index (κ3) is 4.74. The zero-order chi connectivity index (χ0) is 20.1. The molecule has 4 rings (SSSR count). The summed E-state index contributed by atoms with van der Waals surface area (Å²) in [6.45, 7) is 3.46. The molecule has 3 aromatic rings. The molecule has 1 aromatic heterocycles. The molecule has 1 heterocycles. The van der Waals surface area contributed by atoms with E-state index in [2.05, 4.69) is 29.5 Å². The fraction of sp³-hybridized carbons (Fsp3) is 0.333. The van der Waals surface area contributed by atoms with Gasteiger partial charge in [-0.05, 0) is 49.4 Å². The number of rotatable bonds is 7. The van der Waals surface area contributed by atoms with E-state index in [0.717, 1.165) is 42.5 Å². The maximum absolute atomic E-state index is 12.9. The molecule has 1 saturated carbocycles. The van der Waals surface area contributed by atoms with Crippen LogP contribution in [0.2, 0.25) is 0 Å². The molecule has 0 unspecified atom stereocenters. The minimum Gasteiger partial charge on any atom is -0.371 e. The standard InChI is InChI=1S/C24H27N3O2/c1-2-27-16-21(15-25-27)19-10-6-11-20(14-19)24(28)26-22-12-7-13-23(22)29-17-18-8-4-3-5-9-18/h3-6,8-11,14-16,22-23H,2,7,12-13,17H2,1H3,(H,26,28)/t22-,23-/m1/s1. The molecule has 2 aromatic carbocycles. The van der Waals surface area contributed by atoms with Crippen LogP contribution in [0.4, 0.5) is 0 Å². The smallest absolute Gasteiger partial charge is 0.251 e. The maximum atomic E-state index is 12.9. The number of ether oxygens (including phenoxy) is 1. The van der Waals surface area contributed by atoms with Gasteiger partial charge in [0.2, 0.25) is 0 Å². The molecule has 0 bridgehead atoms. The first-order chi connectivity index (χ1) is 14.2. The third-order valence-corrected chi connectivity index (χ3v) is 5.49. The molecule has 1 N–H and O–H groups in total. The van der Waals surface area contributed by atoms with Gasteiger partial charge in [0, 0.05) is 23.9 Å². The van der Waals surface area contributed by atoms with Crippen molar-refractivity contribution in [3.8, 4) is 11.1 Å². The van der Waals surface area contributed by atoms with Crippen LogP contribution in [-0.2, 0) is 17.9 Å². The first kappa shape index (κ1) is 19.4. The molecule has 5 heteroatoms. The maximum Gasteiger partial charge on any atom is 0.251 e. The lowest BCUT2D eigenvalue weighted by molar-refractivity contribution is 0.0272. The Morgan fingerprint density at radius 2 is 2.00 bits per heavy atom. The number of aryl methyl sites for hydroxylation is 1. The molecule has 1 aliphatic rings. The molecular formula is C24H27N3O2. The highest BCUT2D eigenvalue weighted by Gasteiger charge is 2.29. The Morgan fingerprint density at radius 1 is 1.14 bits per heavy atom. The minimum absolute atomic E-state index is 0.0463. The molecule has 0 radical (unpaired) electrons. The zero-order valence-corrected chi connectivity index (χ0v) is 16.8. The van der Waals surface area contributed by atoms with Gasteiger partial charge in [0.25, 0.3) is 5.91 Å². The number of benzene rings is 2. The summed E-state index contributed by atoms with van der Waals surface area (Å²) in [7, 11) is 0. The second kappa shape index (κ2) is 9.05. The molecule has 29 heavy (non-hydrogen) atoms. The third-order valence-electron chi connectivity index (χ3n) is 5.49. The Hall–Kier alpha value is -2.92. The van der Waals surface area contributed by atoms with E-state index in [-0.39, 0.29) is 18.1 Å². The van der Waals surface area contributed by atoms with E-state index in [9.17, 15) is 4.79 Å². The first-order valence-corrected chi connectivity index (χ1v) is 10.3. The van der Waals surface area contributed by atoms with Crippen molar-refractivity contribution in [2.24, 2.45) is 0 Å². The van der Waals surface area contributed by atoms with Gasteiger partial charge < -0.3 is 10.1 Å². The van der Waals surface area contributed by atoms with E-state index in [1.807, 2.05) is 59.5 Å². The van der Waals surface area contributed by atoms with Crippen LogP contribution in [-0.4, -0.2) is 27.8 Å². The summed E-state index contributed by atoms with van der Waals surface area (Å²) in [5.74, 6) is -0.0463. The highest BCUT2D eigenvalue weighted by molar-refractivity contribution is 5.95.